The summed E-state index contributed by atoms with van der Waals surface area (Å²) < 4.78 is 5.67. The van der Waals surface area contributed by atoms with Crippen molar-refractivity contribution < 1.29 is 9.21 Å². The van der Waals surface area contributed by atoms with Gasteiger partial charge in [0.1, 0.15) is 0 Å². The maximum atomic E-state index is 12.4. The van der Waals surface area contributed by atoms with E-state index in [-0.39, 0.29) is 18.5 Å². The molecule has 27 heavy (non-hydrogen) atoms. The third-order valence-electron chi connectivity index (χ3n) is 5.74. The topological polar surface area (TPSA) is 99.9 Å². The minimum Gasteiger partial charge on any atom is -0.403 e. The number of hydrogen-bond acceptors (Lipinski definition) is 6. The van der Waals surface area contributed by atoms with Crippen LogP contribution in [0, 0.1) is 5.41 Å². The van der Waals surface area contributed by atoms with Crippen LogP contribution in [0.25, 0.3) is 22.4 Å². The molecule has 0 radical (unpaired) electrons. The average molecular weight is 387 g/mol. The molecule has 0 atom stereocenters. The van der Waals surface area contributed by atoms with E-state index in [0.29, 0.717) is 16.5 Å². The van der Waals surface area contributed by atoms with Crippen LogP contribution >= 0.6 is 11.6 Å². The zero-order chi connectivity index (χ0) is 18.4. The monoisotopic (exact) mass is 386 g/mol. The number of piperidine rings is 1. The summed E-state index contributed by atoms with van der Waals surface area (Å²) >= 11 is 6.08. The van der Waals surface area contributed by atoms with Crippen LogP contribution in [0.15, 0.2) is 22.9 Å². The maximum absolute atomic E-state index is 12.4. The summed E-state index contributed by atoms with van der Waals surface area (Å²) in [7, 11) is 0. The number of H-pyrrole nitrogens is 1. The number of hydrogen-bond donors (Lipinski definition) is 2. The largest absolute Gasteiger partial charge is 0.403 e. The number of amides is 1. The van der Waals surface area contributed by atoms with E-state index in [1.807, 2.05) is 11.0 Å². The number of anilines is 1. The van der Waals surface area contributed by atoms with Gasteiger partial charge in [0, 0.05) is 30.9 Å². The van der Waals surface area contributed by atoms with Crippen molar-refractivity contribution >= 4 is 34.4 Å². The highest BCUT2D eigenvalue weighted by Gasteiger charge is 2.44. The molecule has 1 saturated heterocycles. The van der Waals surface area contributed by atoms with Crippen molar-refractivity contribution in [2.24, 2.45) is 5.41 Å². The molecule has 9 heteroatoms. The lowest BCUT2D eigenvalue weighted by molar-refractivity contribution is -0.130. The zero-order valence-electron chi connectivity index (χ0n) is 14.7. The molecule has 1 aliphatic carbocycles. The van der Waals surface area contributed by atoms with Gasteiger partial charge in [0.15, 0.2) is 5.15 Å². The van der Waals surface area contributed by atoms with E-state index in [9.17, 15) is 4.79 Å². The molecule has 4 heterocycles. The molecule has 0 aromatic carbocycles. The SMILES string of the molecule is O=C(CNc1nnc(-c2c[nH]c3c(Cl)nccc23)o1)N1CCC2(CC1)CC2. The second-order valence-corrected chi connectivity index (χ2v) is 7.73. The Morgan fingerprint density at radius 2 is 2.11 bits per heavy atom. The van der Waals surface area contributed by atoms with Gasteiger partial charge in [0.25, 0.3) is 5.89 Å². The minimum atomic E-state index is 0.0650. The van der Waals surface area contributed by atoms with E-state index in [4.69, 9.17) is 16.0 Å². The Morgan fingerprint density at radius 1 is 1.30 bits per heavy atom. The van der Waals surface area contributed by atoms with Crippen molar-refractivity contribution in [3.05, 3.63) is 23.6 Å². The van der Waals surface area contributed by atoms with E-state index < -0.39 is 0 Å². The van der Waals surface area contributed by atoms with Crippen LogP contribution in [0.3, 0.4) is 0 Å². The van der Waals surface area contributed by atoms with Gasteiger partial charge < -0.3 is 19.6 Å². The van der Waals surface area contributed by atoms with Gasteiger partial charge in [-0.15, -0.1) is 5.10 Å². The molecule has 0 bridgehead atoms. The molecule has 8 nitrogen and oxygen atoms in total. The molecule has 2 N–H and O–H groups in total. The predicted octanol–water partition coefficient (Wildman–Crippen LogP) is 3.08. The summed E-state index contributed by atoms with van der Waals surface area (Å²) in [5.74, 6) is 0.419. The number of nitrogens with zero attached hydrogens (tertiary/aromatic N) is 4. The third-order valence-corrected chi connectivity index (χ3v) is 6.02. The van der Waals surface area contributed by atoms with Crippen LogP contribution in [-0.4, -0.2) is 50.6 Å². The Kier molecular flexibility index (Phi) is 3.82. The number of aromatic amines is 1. The summed E-state index contributed by atoms with van der Waals surface area (Å²) in [5, 5.41) is 12.2. The Hall–Kier alpha value is -2.61. The number of rotatable bonds is 4. The van der Waals surface area contributed by atoms with Crippen LogP contribution in [-0.2, 0) is 4.79 Å². The van der Waals surface area contributed by atoms with Crippen molar-refractivity contribution in [2.75, 3.05) is 25.0 Å². The van der Waals surface area contributed by atoms with Crippen LogP contribution in [0.1, 0.15) is 25.7 Å². The second-order valence-electron chi connectivity index (χ2n) is 7.37. The Labute approximate surface area is 160 Å². The van der Waals surface area contributed by atoms with Gasteiger partial charge in [-0.1, -0.05) is 16.7 Å². The van der Waals surface area contributed by atoms with Crippen molar-refractivity contribution in [1.29, 1.82) is 0 Å². The Bertz CT molecular complexity index is 998. The van der Waals surface area contributed by atoms with Gasteiger partial charge in [-0.05, 0) is 37.2 Å². The van der Waals surface area contributed by atoms with E-state index >= 15 is 0 Å². The summed E-state index contributed by atoms with van der Waals surface area (Å²) in [6, 6.07) is 2.06. The normalized spacial score (nSPS) is 18.2. The van der Waals surface area contributed by atoms with Crippen LogP contribution < -0.4 is 5.32 Å². The van der Waals surface area contributed by atoms with Crippen LogP contribution in [0.2, 0.25) is 5.15 Å². The summed E-state index contributed by atoms with van der Waals surface area (Å²) in [6.07, 6.45) is 8.28. The number of fused-ring (bicyclic) bond motifs is 1. The molecule has 1 aliphatic heterocycles. The predicted molar refractivity (Wildman–Crippen MR) is 100 cm³/mol. The van der Waals surface area contributed by atoms with Gasteiger partial charge in [0.2, 0.25) is 5.91 Å². The van der Waals surface area contributed by atoms with E-state index in [0.717, 1.165) is 42.4 Å². The smallest absolute Gasteiger partial charge is 0.316 e. The Morgan fingerprint density at radius 3 is 2.89 bits per heavy atom. The lowest BCUT2D eigenvalue weighted by Crippen LogP contribution is -2.41. The first-order chi connectivity index (χ1) is 13.1. The molecule has 2 fully saturated rings. The van der Waals surface area contributed by atoms with Crippen molar-refractivity contribution in [2.45, 2.75) is 25.7 Å². The summed E-state index contributed by atoms with van der Waals surface area (Å²) in [6.45, 7) is 1.84. The van der Waals surface area contributed by atoms with Crippen molar-refractivity contribution in [3.63, 3.8) is 0 Å². The Balaban J connectivity index is 1.24. The van der Waals surface area contributed by atoms with Crippen LogP contribution in [0.5, 0.6) is 0 Å². The molecule has 0 unspecified atom stereocenters. The molecule has 2 aliphatic rings. The fourth-order valence-corrected chi connectivity index (χ4v) is 3.98. The van der Waals surface area contributed by atoms with Gasteiger partial charge in [-0.2, -0.15) is 0 Å². The number of carbonyl (C=O) groups is 1. The molecule has 140 valence electrons. The van der Waals surface area contributed by atoms with Crippen LogP contribution in [0.4, 0.5) is 6.01 Å². The maximum Gasteiger partial charge on any atom is 0.316 e. The fourth-order valence-electron chi connectivity index (χ4n) is 3.77. The highest BCUT2D eigenvalue weighted by molar-refractivity contribution is 6.34. The summed E-state index contributed by atoms with van der Waals surface area (Å²) in [4.78, 5) is 21.4. The first-order valence-electron chi connectivity index (χ1n) is 9.11. The van der Waals surface area contributed by atoms with Gasteiger partial charge >= 0.3 is 6.01 Å². The quantitative estimate of drug-likeness (QED) is 0.668. The highest BCUT2D eigenvalue weighted by atomic mass is 35.5. The lowest BCUT2D eigenvalue weighted by atomic mass is 9.94. The van der Waals surface area contributed by atoms with Gasteiger partial charge in [-0.3, -0.25) is 4.79 Å². The lowest BCUT2D eigenvalue weighted by Gasteiger charge is -2.32. The molecule has 3 aromatic heterocycles. The molecular formula is C18H19ClN6O2. The van der Waals surface area contributed by atoms with Crippen molar-refractivity contribution in [3.8, 4) is 11.5 Å². The summed E-state index contributed by atoms with van der Waals surface area (Å²) in [5.41, 5.74) is 2.02. The van der Waals surface area contributed by atoms with E-state index in [1.165, 1.54) is 12.8 Å². The second kappa shape index (κ2) is 6.23. The first-order valence-corrected chi connectivity index (χ1v) is 9.49. The number of nitrogens with one attached hydrogen (secondary N) is 2. The molecule has 1 spiro atoms. The standard InChI is InChI=1S/C18H19ClN6O2/c19-15-14-11(1-6-20-15)12(9-21-14)16-23-24-17(27-16)22-10-13(26)25-7-4-18(2-3-18)5-8-25/h1,6,9,21H,2-5,7-8,10H2,(H,22,24). The highest BCUT2D eigenvalue weighted by Crippen LogP contribution is 2.53. The average Bonchev–Trinajstić information content (AvgIpc) is 3.09. The molecule has 3 aromatic rings. The third kappa shape index (κ3) is 3.03. The fraction of sp³-hybridized carbons (Fsp3) is 0.444. The number of pyridine rings is 1. The van der Waals surface area contributed by atoms with E-state index in [2.05, 4.69) is 25.5 Å². The first kappa shape index (κ1) is 16.6. The molecule has 1 amide bonds. The minimum absolute atomic E-state index is 0.0650. The van der Waals surface area contributed by atoms with Gasteiger partial charge in [-0.25, -0.2) is 4.98 Å². The molecule has 1 saturated carbocycles. The number of halogens is 1. The molecular weight excluding hydrogens is 368 g/mol. The number of aromatic nitrogens is 4. The number of likely N-dealkylation sites (tertiary alicyclic amines) is 1. The van der Waals surface area contributed by atoms with Gasteiger partial charge in [0.05, 0.1) is 17.6 Å². The van der Waals surface area contributed by atoms with Crippen molar-refractivity contribution in [1.82, 2.24) is 25.1 Å². The molecule has 5 rings (SSSR count). The van der Waals surface area contributed by atoms with E-state index in [1.54, 1.807) is 12.4 Å². The zero-order valence-corrected chi connectivity index (χ0v) is 15.4. The number of carbonyl (C=O) groups excluding carboxylic acids is 1.